The third-order valence-corrected chi connectivity index (χ3v) is 16.3. The predicted molar refractivity (Wildman–Crippen MR) is 338 cm³/mol. The first kappa shape index (κ1) is 76.2. The van der Waals surface area contributed by atoms with Crippen molar-refractivity contribution in [3.8, 4) is 0 Å². The van der Waals surface area contributed by atoms with Gasteiger partial charge in [0, 0.05) is 44.6 Å². The summed E-state index contributed by atoms with van der Waals surface area (Å²) in [5.41, 5.74) is 6.99. The summed E-state index contributed by atoms with van der Waals surface area (Å²) in [4.78, 5) is 185. The van der Waals surface area contributed by atoms with E-state index in [1.807, 2.05) is 13.8 Å². The minimum absolute atomic E-state index is 0.0172. The van der Waals surface area contributed by atoms with E-state index in [-0.39, 0.29) is 37.5 Å². The van der Waals surface area contributed by atoms with E-state index in [1.54, 1.807) is 81.4 Å². The number of hydrogen-bond acceptors (Lipinski definition) is 15. The van der Waals surface area contributed by atoms with Crippen LogP contribution in [0.4, 0.5) is 0 Å². The summed E-state index contributed by atoms with van der Waals surface area (Å²) >= 11 is 0. The van der Waals surface area contributed by atoms with Gasteiger partial charge in [0.05, 0.1) is 19.4 Å². The second-order valence-corrected chi connectivity index (χ2v) is 24.1. The number of hydrogen-bond donors (Lipinski definition) is 14. The molecule has 510 valence electrons. The number of aromatic amines is 1. The molecule has 29 heteroatoms. The van der Waals surface area contributed by atoms with E-state index in [9.17, 15) is 68.1 Å². The Morgan fingerprint density at radius 1 is 0.602 bits per heavy atom. The zero-order chi connectivity index (χ0) is 69.1. The van der Waals surface area contributed by atoms with E-state index in [2.05, 4.69) is 57.8 Å². The molecule has 1 aliphatic rings. The van der Waals surface area contributed by atoms with Gasteiger partial charge in [-0.25, -0.2) is 4.98 Å². The molecule has 93 heavy (non-hydrogen) atoms. The Labute approximate surface area is 540 Å². The maximum absolute atomic E-state index is 15.4. The molecule has 11 amide bonds. The van der Waals surface area contributed by atoms with Gasteiger partial charge in [0.1, 0.15) is 60.4 Å². The fourth-order valence-corrected chi connectivity index (χ4v) is 10.9. The molecule has 1 heterocycles. The van der Waals surface area contributed by atoms with E-state index >= 15 is 9.59 Å². The highest BCUT2D eigenvalue weighted by atomic mass is 16.4. The number of H-pyrrole nitrogens is 1. The number of aliphatic hydroxyl groups excluding tert-OH is 1. The van der Waals surface area contributed by atoms with Crippen molar-refractivity contribution in [2.45, 2.75) is 198 Å². The van der Waals surface area contributed by atoms with Crippen LogP contribution in [-0.4, -0.2) is 181 Å². The summed E-state index contributed by atoms with van der Waals surface area (Å²) in [6, 6.07) is 2.64. The number of nitrogens with zero attached hydrogens (tertiary/aromatic N) is 2. The van der Waals surface area contributed by atoms with Crippen LogP contribution in [0.2, 0.25) is 0 Å². The Morgan fingerprint density at radius 3 is 1.65 bits per heavy atom. The summed E-state index contributed by atoms with van der Waals surface area (Å²) in [7, 11) is 1.40. The standard InChI is InChI=1S/C64H93N13O16/c1-9-36(5)53(75-63(92)54(52(40-22-16-12-17-23-40)41-24-18-13-19-25-41)76-58(87)44(26-27-50(80)81)71-60(89)47(31-51(82)83)69-38(7)79)64(93)77(8)49(29-39-20-14-11-15-21-39)62(91)70-43(10-2)57(86)68-37(6)56(85)74-48(33-78)61(90)73-46(30-42-32-66-34-67-42)59(88)72-45(55(65)84)28-35(3)4/h12-13,16-19,22-25,32,34-37,39,43-49,52-54,78H,9-11,14-15,20-21,26-31,33H2,1-8H3,(H2,65,84)(H,66,67)(H,68,86)(H,69,79)(H,70,91)(H,71,89)(H,72,88)(H,73,90)(H,74,85)(H,75,92)(H,76,87)(H,80,81)(H,82,83)/t36-,37-,43-,44-,45-,46-,47-,48-,49-,53-,54-/m0/s1. The predicted octanol–water partition coefficient (Wildman–Crippen LogP) is 0.304. The van der Waals surface area contributed by atoms with Gasteiger partial charge >= 0.3 is 11.9 Å². The minimum atomic E-state index is -1.72. The van der Waals surface area contributed by atoms with Crippen LogP contribution in [0.5, 0.6) is 0 Å². The van der Waals surface area contributed by atoms with Crippen molar-refractivity contribution < 1.29 is 77.6 Å². The first-order valence-electron chi connectivity index (χ1n) is 31.5. The lowest BCUT2D eigenvalue weighted by Gasteiger charge is -2.37. The van der Waals surface area contributed by atoms with Crippen LogP contribution in [0.3, 0.4) is 0 Å². The molecule has 0 radical (unpaired) electrons. The topological polar surface area (TPSA) is 449 Å². The molecular formula is C64H93N13O16. The van der Waals surface area contributed by atoms with Gasteiger partial charge < -0.3 is 78.8 Å². The van der Waals surface area contributed by atoms with Crippen molar-refractivity contribution in [2.75, 3.05) is 13.7 Å². The SMILES string of the molecule is CC[C@H](NC(=O)[C@H](CC1CCCCC1)N(C)C(=O)[C@@H](NC(=O)[C@@H](NC(=O)[C@H](CCC(=O)O)NC(=O)[C@H](CC(=O)O)NC(C)=O)C(c1ccccc1)c1ccccc1)[C@@H](C)CC)C(=O)N[C@@H](C)C(=O)N[C@@H](CO)C(=O)N[C@@H](Cc1cnc[nH]1)C(=O)N[C@@H](CC(C)C)C(N)=O. The molecule has 15 N–H and O–H groups in total. The third-order valence-electron chi connectivity index (χ3n) is 16.3. The molecule has 11 atom stereocenters. The Bertz CT molecular complexity index is 2960. The molecule has 0 aliphatic heterocycles. The molecule has 29 nitrogen and oxygen atoms in total. The van der Waals surface area contributed by atoms with Crippen LogP contribution in [0, 0.1) is 17.8 Å². The number of carboxylic acid groups (broad SMARTS) is 2. The molecule has 0 bridgehead atoms. The largest absolute Gasteiger partial charge is 0.481 e. The molecule has 4 rings (SSSR count). The van der Waals surface area contributed by atoms with Crippen LogP contribution in [0.1, 0.15) is 148 Å². The number of carbonyl (C=O) groups excluding carboxylic acids is 11. The number of imidazole rings is 1. The molecule has 1 aromatic heterocycles. The Hall–Kier alpha value is -9.28. The molecule has 1 aliphatic carbocycles. The number of benzene rings is 2. The van der Waals surface area contributed by atoms with Crippen LogP contribution in [0.15, 0.2) is 73.2 Å². The van der Waals surface area contributed by atoms with Gasteiger partial charge in [-0.05, 0) is 61.5 Å². The summed E-state index contributed by atoms with van der Waals surface area (Å²) in [5, 5.41) is 52.5. The number of nitrogens with one attached hydrogen (secondary N) is 10. The number of nitrogens with two attached hydrogens (primary N) is 1. The molecule has 1 saturated carbocycles. The van der Waals surface area contributed by atoms with Gasteiger partial charge in [-0.1, -0.05) is 134 Å². The van der Waals surface area contributed by atoms with E-state index in [4.69, 9.17) is 5.73 Å². The number of primary amides is 1. The van der Waals surface area contributed by atoms with E-state index in [0.29, 0.717) is 23.2 Å². The Balaban J connectivity index is 1.64. The second kappa shape index (κ2) is 37.9. The highest BCUT2D eigenvalue weighted by Gasteiger charge is 2.42. The summed E-state index contributed by atoms with van der Waals surface area (Å²) in [5.74, 6) is -14.3. The van der Waals surface area contributed by atoms with Crippen molar-refractivity contribution in [1.82, 2.24) is 62.7 Å². The first-order valence-corrected chi connectivity index (χ1v) is 31.5. The summed E-state index contributed by atoms with van der Waals surface area (Å²) < 4.78 is 0. The molecule has 1 fully saturated rings. The maximum atomic E-state index is 15.4. The molecule has 3 aromatic rings. The average Bonchev–Trinajstić information content (AvgIpc) is 1.26. The Morgan fingerprint density at radius 2 is 1.13 bits per heavy atom. The van der Waals surface area contributed by atoms with Crippen molar-refractivity contribution in [3.05, 3.63) is 90.0 Å². The number of carboxylic acids is 2. The van der Waals surface area contributed by atoms with Crippen molar-refractivity contribution >= 4 is 76.9 Å². The highest BCUT2D eigenvalue weighted by Crippen LogP contribution is 2.31. The second-order valence-electron chi connectivity index (χ2n) is 24.1. The fraction of sp³-hybridized carbons (Fsp3) is 0.562. The van der Waals surface area contributed by atoms with Gasteiger partial charge in [0.15, 0.2) is 0 Å². The van der Waals surface area contributed by atoms with E-state index in [1.165, 1.54) is 31.4 Å². The van der Waals surface area contributed by atoms with Gasteiger partial charge in [-0.2, -0.15) is 0 Å². The molecule has 0 saturated heterocycles. The number of carbonyl (C=O) groups is 13. The van der Waals surface area contributed by atoms with Gasteiger partial charge in [-0.15, -0.1) is 0 Å². The minimum Gasteiger partial charge on any atom is -0.481 e. The molecule has 2 aromatic carbocycles. The Kier molecular flexibility index (Phi) is 31.0. The zero-order valence-electron chi connectivity index (χ0n) is 54.0. The number of rotatable bonds is 38. The number of aromatic nitrogens is 2. The van der Waals surface area contributed by atoms with Crippen LogP contribution < -0.4 is 53.6 Å². The monoisotopic (exact) mass is 1300 g/mol. The van der Waals surface area contributed by atoms with Crippen LogP contribution >= 0.6 is 0 Å². The lowest BCUT2D eigenvalue weighted by Crippen LogP contribution is -2.62. The molecule has 0 spiro atoms. The number of likely N-dealkylation sites (N-methyl/N-ethyl adjacent to an activating group) is 1. The smallest absolute Gasteiger partial charge is 0.305 e. The average molecular weight is 1300 g/mol. The normalized spacial score (nSPS) is 15.9. The van der Waals surface area contributed by atoms with Gasteiger partial charge in [0.25, 0.3) is 0 Å². The lowest BCUT2D eigenvalue weighted by atomic mass is 9.83. The third kappa shape index (κ3) is 24.4. The molecule has 0 unspecified atom stereocenters. The fourth-order valence-electron chi connectivity index (χ4n) is 10.9. The van der Waals surface area contributed by atoms with Crippen LogP contribution in [0.25, 0.3) is 0 Å². The summed E-state index contributed by atoms with van der Waals surface area (Å²) in [6.45, 7) is 10.1. The first-order chi connectivity index (χ1) is 44.1. The van der Waals surface area contributed by atoms with E-state index < -0.39 is 175 Å². The molecular weight excluding hydrogens is 1210 g/mol. The number of amides is 11. The lowest BCUT2D eigenvalue weighted by molar-refractivity contribution is -0.144. The quantitative estimate of drug-likeness (QED) is 0.0367. The summed E-state index contributed by atoms with van der Waals surface area (Å²) in [6.07, 6.45) is 5.25. The van der Waals surface area contributed by atoms with Crippen molar-refractivity contribution in [1.29, 1.82) is 0 Å². The zero-order valence-corrected chi connectivity index (χ0v) is 54.0. The van der Waals surface area contributed by atoms with Crippen LogP contribution in [-0.2, 0) is 68.7 Å². The van der Waals surface area contributed by atoms with Gasteiger partial charge in [0.2, 0.25) is 65.0 Å². The highest BCUT2D eigenvalue weighted by molar-refractivity contribution is 5.99. The maximum Gasteiger partial charge on any atom is 0.305 e. The number of aliphatic carboxylic acids is 2. The van der Waals surface area contributed by atoms with Crippen molar-refractivity contribution in [3.63, 3.8) is 0 Å². The van der Waals surface area contributed by atoms with E-state index in [0.717, 1.165) is 39.0 Å². The van der Waals surface area contributed by atoms with Crippen molar-refractivity contribution in [2.24, 2.45) is 23.5 Å². The van der Waals surface area contributed by atoms with Gasteiger partial charge in [-0.3, -0.25) is 62.3 Å². The number of aliphatic hydroxyl groups is 1.